The molecule has 1 aliphatic heterocycles. The van der Waals surface area contributed by atoms with Gasteiger partial charge in [0.05, 0.1) is 6.04 Å². The predicted molar refractivity (Wildman–Crippen MR) is 122 cm³/mol. The molecule has 1 saturated carbocycles. The lowest BCUT2D eigenvalue weighted by Gasteiger charge is -2.48. The molecule has 1 amide bonds. The van der Waals surface area contributed by atoms with E-state index in [2.05, 4.69) is 18.4 Å². The van der Waals surface area contributed by atoms with Gasteiger partial charge < -0.3 is 9.64 Å². The van der Waals surface area contributed by atoms with Gasteiger partial charge in [0.2, 0.25) is 0 Å². The lowest BCUT2D eigenvalue weighted by atomic mass is 9.88. The summed E-state index contributed by atoms with van der Waals surface area (Å²) in [6, 6.07) is 15.5. The van der Waals surface area contributed by atoms with Gasteiger partial charge in [-0.15, -0.1) is 6.58 Å². The van der Waals surface area contributed by atoms with E-state index in [1.165, 1.54) is 12.8 Å². The summed E-state index contributed by atoms with van der Waals surface area (Å²) in [5.74, 6) is 0.600. The van der Waals surface area contributed by atoms with Crippen molar-refractivity contribution in [2.24, 2.45) is 5.92 Å². The van der Waals surface area contributed by atoms with Crippen molar-refractivity contribution in [1.29, 1.82) is 0 Å². The van der Waals surface area contributed by atoms with Crippen LogP contribution in [0.1, 0.15) is 55.9 Å². The second-order valence-electron chi connectivity index (χ2n) is 8.18. The lowest BCUT2D eigenvalue weighted by molar-refractivity contribution is -0.180. The maximum Gasteiger partial charge on any atom is 0.252 e. The van der Waals surface area contributed by atoms with Gasteiger partial charge in [-0.05, 0) is 60.6 Å². The van der Waals surface area contributed by atoms with Gasteiger partial charge in [-0.25, -0.2) is 0 Å². The SMILES string of the molecule is C=CC[C@@H]1O[C@@H](c2cccc(Cl)c2)[C@@H](c2ccc(Cl)cc2)N([C@H](CC)C2CC2)C1=O. The molecule has 2 aromatic rings. The first-order chi connectivity index (χ1) is 14.5. The van der Waals surface area contributed by atoms with Crippen molar-refractivity contribution in [3.63, 3.8) is 0 Å². The van der Waals surface area contributed by atoms with Gasteiger partial charge in [0.25, 0.3) is 5.91 Å². The normalized spacial score (nSPS) is 25.2. The van der Waals surface area contributed by atoms with E-state index in [0.717, 1.165) is 17.5 Å². The Morgan fingerprint density at radius 3 is 2.47 bits per heavy atom. The maximum atomic E-state index is 13.6. The maximum absolute atomic E-state index is 13.6. The van der Waals surface area contributed by atoms with E-state index < -0.39 is 6.10 Å². The zero-order valence-corrected chi connectivity index (χ0v) is 18.6. The van der Waals surface area contributed by atoms with Crippen LogP contribution < -0.4 is 0 Å². The number of amides is 1. The van der Waals surface area contributed by atoms with Crippen molar-refractivity contribution in [1.82, 2.24) is 4.90 Å². The number of hydrogen-bond donors (Lipinski definition) is 0. The molecule has 1 saturated heterocycles. The standard InChI is InChI=1S/C25H27Cl2NO2/c1-3-6-22-25(29)28(21(4-2)16-9-10-16)23(17-11-13-19(26)14-12-17)24(30-22)18-7-5-8-20(27)15-18/h3,5,7-8,11-16,21-24H,1,4,6,9-10H2,2H3/t21-,22+,23-,24+/m1/s1. The van der Waals surface area contributed by atoms with Crippen molar-refractivity contribution in [2.75, 3.05) is 0 Å². The Hall–Kier alpha value is -1.81. The summed E-state index contributed by atoms with van der Waals surface area (Å²) in [6.07, 6.45) is 4.65. The Labute approximate surface area is 188 Å². The summed E-state index contributed by atoms with van der Waals surface area (Å²) >= 11 is 12.5. The Morgan fingerprint density at radius 2 is 1.87 bits per heavy atom. The van der Waals surface area contributed by atoms with E-state index in [4.69, 9.17) is 27.9 Å². The second-order valence-corrected chi connectivity index (χ2v) is 9.05. The number of morpholine rings is 1. The third kappa shape index (κ3) is 4.30. The third-order valence-electron chi connectivity index (χ3n) is 6.14. The predicted octanol–water partition coefficient (Wildman–Crippen LogP) is 6.77. The minimum Gasteiger partial charge on any atom is -0.358 e. The van der Waals surface area contributed by atoms with E-state index in [1.54, 1.807) is 6.08 Å². The fourth-order valence-electron chi connectivity index (χ4n) is 4.61. The summed E-state index contributed by atoms with van der Waals surface area (Å²) in [7, 11) is 0. The average molecular weight is 444 g/mol. The van der Waals surface area contributed by atoms with Crippen LogP contribution in [-0.2, 0) is 9.53 Å². The zero-order chi connectivity index (χ0) is 21.3. The fourth-order valence-corrected chi connectivity index (χ4v) is 4.94. The first-order valence-corrected chi connectivity index (χ1v) is 11.4. The quantitative estimate of drug-likeness (QED) is 0.441. The van der Waals surface area contributed by atoms with Gasteiger partial charge in [0.15, 0.2) is 0 Å². The van der Waals surface area contributed by atoms with Crippen molar-refractivity contribution in [3.8, 4) is 0 Å². The Kier molecular flexibility index (Phi) is 6.52. The number of rotatable bonds is 7. The number of carbonyl (C=O) groups excluding carboxylic acids is 1. The smallest absolute Gasteiger partial charge is 0.252 e. The number of ether oxygens (including phenoxy) is 1. The molecule has 0 aromatic heterocycles. The zero-order valence-electron chi connectivity index (χ0n) is 17.1. The topological polar surface area (TPSA) is 29.5 Å². The molecule has 158 valence electrons. The summed E-state index contributed by atoms with van der Waals surface area (Å²) < 4.78 is 6.45. The number of halogens is 2. The van der Waals surface area contributed by atoms with Crippen molar-refractivity contribution in [3.05, 3.63) is 82.4 Å². The van der Waals surface area contributed by atoms with Crippen molar-refractivity contribution < 1.29 is 9.53 Å². The Balaban J connectivity index is 1.84. The summed E-state index contributed by atoms with van der Waals surface area (Å²) in [5, 5.41) is 1.33. The Bertz CT molecular complexity index is 910. The van der Waals surface area contributed by atoms with Gasteiger partial charge in [-0.3, -0.25) is 4.79 Å². The number of benzene rings is 2. The average Bonchev–Trinajstić information content (AvgIpc) is 3.57. The summed E-state index contributed by atoms with van der Waals surface area (Å²) in [6.45, 7) is 6.01. The molecule has 5 heteroatoms. The molecule has 0 spiro atoms. The fraction of sp³-hybridized carbons (Fsp3) is 0.400. The van der Waals surface area contributed by atoms with Crippen LogP contribution in [0.25, 0.3) is 0 Å². The molecule has 0 unspecified atom stereocenters. The van der Waals surface area contributed by atoms with Gasteiger partial charge in [0.1, 0.15) is 12.2 Å². The molecule has 0 N–H and O–H groups in total. The summed E-state index contributed by atoms with van der Waals surface area (Å²) in [5.41, 5.74) is 1.99. The van der Waals surface area contributed by atoms with Crippen LogP contribution in [0.2, 0.25) is 10.0 Å². The van der Waals surface area contributed by atoms with Gasteiger partial charge >= 0.3 is 0 Å². The first kappa shape index (κ1) is 21.4. The summed E-state index contributed by atoms with van der Waals surface area (Å²) in [4.78, 5) is 15.7. The molecule has 30 heavy (non-hydrogen) atoms. The monoisotopic (exact) mass is 443 g/mol. The van der Waals surface area contributed by atoms with Crippen LogP contribution in [0.5, 0.6) is 0 Å². The largest absolute Gasteiger partial charge is 0.358 e. The molecule has 4 atom stereocenters. The van der Waals surface area contributed by atoms with E-state index in [0.29, 0.717) is 22.4 Å². The third-order valence-corrected chi connectivity index (χ3v) is 6.63. The minimum absolute atomic E-state index is 0.0480. The first-order valence-electron chi connectivity index (χ1n) is 10.6. The molecule has 2 aliphatic rings. The number of carbonyl (C=O) groups is 1. The van der Waals surface area contributed by atoms with E-state index in [1.807, 2.05) is 48.5 Å². The van der Waals surface area contributed by atoms with Crippen LogP contribution >= 0.6 is 23.2 Å². The molecular weight excluding hydrogens is 417 g/mol. The van der Waals surface area contributed by atoms with Crippen LogP contribution in [-0.4, -0.2) is 23.0 Å². The lowest BCUT2D eigenvalue weighted by Crippen LogP contribution is -2.55. The highest BCUT2D eigenvalue weighted by Gasteiger charge is 2.49. The van der Waals surface area contributed by atoms with E-state index in [9.17, 15) is 4.79 Å². The molecule has 0 radical (unpaired) electrons. The Morgan fingerprint density at radius 1 is 1.13 bits per heavy atom. The van der Waals surface area contributed by atoms with Crippen molar-refractivity contribution >= 4 is 29.1 Å². The van der Waals surface area contributed by atoms with Crippen LogP contribution in [0.15, 0.2) is 61.2 Å². The van der Waals surface area contributed by atoms with Crippen LogP contribution in [0.4, 0.5) is 0 Å². The van der Waals surface area contributed by atoms with Gasteiger partial charge in [-0.1, -0.05) is 60.5 Å². The molecule has 2 aromatic carbocycles. The van der Waals surface area contributed by atoms with Gasteiger partial charge in [0, 0.05) is 22.5 Å². The van der Waals surface area contributed by atoms with Crippen LogP contribution in [0, 0.1) is 5.92 Å². The molecule has 1 aliphatic carbocycles. The molecule has 2 fully saturated rings. The highest BCUT2D eigenvalue weighted by Crippen LogP contribution is 2.48. The van der Waals surface area contributed by atoms with E-state index in [-0.39, 0.29) is 24.1 Å². The van der Waals surface area contributed by atoms with Crippen molar-refractivity contribution in [2.45, 2.75) is 56.9 Å². The highest BCUT2D eigenvalue weighted by atomic mass is 35.5. The molecular formula is C25H27Cl2NO2. The molecule has 4 rings (SSSR count). The highest BCUT2D eigenvalue weighted by molar-refractivity contribution is 6.30. The van der Waals surface area contributed by atoms with Crippen LogP contribution in [0.3, 0.4) is 0 Å². The second kappa shape index (κ2) is 9.13. The van der Waals surface area contributed by atoms with Gasteiger partial charge in [-0.2, -0.15) is 0 Å². The number of hydrogen-bond acceptors (Lipinski definition) is 2. The molecule has 1 heterocycles. The van der Waals surface area contributed by atoms with E-state index >= 15 is 0 Å². The molecule has 3 nitrogen and oxygen atoms in total. The number of nitrogens with zero attached hydrogens (tertiary/aromatic N) is 1. The minimum atomic E-state index is -0.539. The molecule has 0 bridgehead atoms.